The lowest BCUT2D eigenvalue weighted by atomic mass is 10.1. The summed E-state index contributed by atoms with van der Waals surface area (Å²) >= 11 is 5.02. The molecule has 0 saturated heterocycles. The van der Waals surface area contributed by atoms with E-state index in [2.05, 4.69) is 26.1 Å². The summed E-state index contributed by atoms with van der Waals surface area (Å²) in [4.78, 5) is 1.04. The van der Waals surface area contributed by atoms with Gasteiger partial charge in [-0.2, -0.15) is 0 Å². The first-order valence-corrected chi connectivity index (χ1v) is 7.71. The highest BCUT2D eigenvalue weighted by molar-refractivity contribution is 9.10. The first-order chi connectivity index (χ1) is 9.65. The van der Waals surface area contributed by atoms with Gasteiger partial charge >= 0.3 is 0 Å². The molecule has 3 aromatic rings. The van der Waals surface area contributed by atoms with Gasteiger partial charge in [0, 0.05) is 15.6 Å². The minimum absolute atomic E-state index is 0.489. The standard InChI is InChI=1S/C14H12BrN3OS/c1-9(19)11-6-5-10(8-12(11)15)20-14-17-16-13-4-2-3-7-18(13)14/h2-9,19H,1H3/t9-/m0/s1. The van der Waals surface area contributed by atoms with Crippen LogP contribution >= 0.6 is 27.7 Å². The van der Waals surface area contributed by atoms with Gasteiger partial charge in [-0.3, -0.25) is 4.40 Å². The van der Waals surface area contributed by atoms with Crippen LogP contribution in [0.5, 0.6) is 0 Å². The van der Waals surface area contributed by atoms with Crippen molar-refractivity contribution in [1.82, 2.24) is 14.6 Å². The van der Waals surface area contributed by atoms with Crippen LogP contribution in [0.25, 0.3) is 5.65 Å². The summed E-state index contributed by atoms with van der Waals surface area (Å²) in [5, 5.41) is 18.8. The molecule has 0 aliphatic heterocycles. The Kier molecular flexibility index (Phi) is 3.78. The lowest BCUT2D eigenvalue weighted by Crippen LogP contribution is -1.92. The summed E-state index contributed by atoms with van der Waals surface area (Å²) in [6, 6.07) is 11.7. The van der Waals surface area contributed by atoms with Gasteiger partial charge in [-0.1, -0.05) is 28.1 Å². The first kappa shape index (κ1) is 13.6. The molecule has 0 aliphatic rings. The molecule has 1 atom stereocenters. The molecule has 3 rings (SSSR count). The second kappa shape index (κ2) is 5.55. The molecular formula is C14H12BrN3OS. The normalized spacial score (nSPS) is 12.8. The van der Waals surface area contributed by atoms with Crippen molar-refractivity contribution in [3.8, 4) is 0 Å². The zero-order valence-electron chi connectivity index (χ0n) is 10.7. The number of aliphatic hydroxyl groups excluding tert-OH is 1. The van der Waals surface area contributed by atoms with E-state index in [4.69, 9.17) is 0 Å². The number of benzene rings is 1. The fourth-order valence-electron chi connectivity index (χ4n) is 1.90. The zero-order chi connectivity index (χ0) is 14.1. The fourth-order valence-corrected chi connectivity index (χ4v) is 3.62. The Morgan fingerprint density at radius 3 is 2.85 bits per heavy atom. The molecule has 0 spiro atoms. The predicted molar refractivity (Wildman–Crippen MR) is 81.9 cm³/mol. The summed E-state index contributed by atoms with van der Waals surface area (Å²) in [7, 11) is 0. The van der Waals surface area contributed by atoms with Gasteiger partial charge in [0.2, 0.25) is 0 Å². The molecule has 0 unspecified atom stereocenters. The number of nitrogens with zero attached hydrogens (tertiary/aromatic N) is 3. The summed E-state index contributed by atoms with van der Waals surface area (Å²) < 4.78 is 2.84. The summed E-state index contributed by atoms with van der Waals surface area (Å²) in [5.41, 5.74) is 1.70. The summed E-state index contributed by atoms with van der Waals surface area (Å²) in [5.74, 6) is 0. The SMILES string of the molecule is C[C@H](O)c1ccc(Sc2nnc3ccccn23)cc1Br. The van der Waals surface area contributed by atoms with Crippen LogP contribution in [0.3, 0.4) is 0 Å². The number of hydrogen-bond donors (Lipinski definition) is 1. The van der Waals surface area contributed by atoms with Crippen LogP contribution in [-0.2, 0) is 0 Å². The molecule has 0 fully saturated rings. The molecule has 4 nitrogen and oxygen atoms in total. The highest BCUT2D eigenvalue weighted by atomic mass is 79.9. The molecule has 2 heterocycles. The molecule has 0 aliphatic carbocycles. The minimum Gasteiger partial charge on any atom is -0.389 e. The number of fused-ring (bicyclic) bond motifs is 1. The van der Waals surface area contributed by atoms with Gasteiger partial charge in [0.05, 0.1) is 6.10 Å². The van der Waals surface area contributed by atoms with E-state index >= 15 is 0 Å². The molecule has 102 valence electrons. The highest BCUT2D eigenvalue weighted by Crippen LogP contribution is 2.32. The molecule has 1 N–H and O–H groups in total. The Morgan fingerprint density at radius 2 is 2.10 bits per heavy atom. The Hall–Kier alpha value is -1.37. The monoisotopic (exact) mass is 349 g/mol. The van der Waals surface area contributed by atoms with Gasteiger partial charge < -0.3 is 5.11 Å². The Labute approximate surface area is 129 Å². The van der Waals surface area contributed by atoms with E-state index in [0.29, 0.717) is 0 Å². The van der Waals surface area contributed by atoms with Crippen molar-refractivity contribution >= 4 is 33.3 Å². The van der Waals surface area contributed by atoms with Gasteiger partial charge in [0.15, 0.2) is 10.8 Å². The van der Waals surface area contributed by atoms with Crippen molar-refractivity contribution < 1.29 is 5.11 Å². The maximum atomic E-state index is 9.63. The van der Waals surface area contributed by atoms with Crippen molar-refractivity contribution in [2.75, 3.05) is 0 Å². The third-order valence-electron chi connectivity index (χ3n) is 2.91. The number of aromatic nitrogens is 3. The third kappa shape index (κ3) is 2.59. The van der Waals surface area contributed by atoms with Crippen LogP contribution in [0.4, 0.5) is 0 Å². The van der Waals surface area contributed by atoms with E-state index in [1.807, 2.05) is 47.0 Å². The largest absolute Gasteiger partial charge is 0.389 e. The van der Waals surface area contributed by atoms with Crippen LogP contribution in [0.1, 0.15) is 18.6 Å². The van der Waals surface area contributed by atoms with Crippen molar-refractivity contribution in [1.29, 1.82) is 0 Å². The smallest absolute Gasteiger partial charge is 0.200 e. The Bertz CT molecular complexity index is 757. The van der Waals surface area contributed by atoms with E-state index in [-0.39, 0.29) is 0 Å². The molecule has 20 heavy (non-hydrogen) atoms. The van der Waals surface area contributed by atoms with Gasteiger partial charge in [-0.15, -0.1) is 10.2 Å². The molecular weight excluding hydrogens is 338 g/mol. The van der Waals surface area contributed by atoms with E-state index in [9.17, 15) is 5.11 Å². The first-order valence-electron chi connectivity index (χ1n) is 6.10. The number of aliphatic hydroxyl groups is 1. The second-order valence-corrected chi connectivity index (χ2v) is 6.27. The maximum absolute atomic E-state index is 9.63. The number of halogens is 1. The third-order valence-corrected chi connectivity index (χ3v) is 4.55. The van der Waals surface area contributed by atoms with Gasteiger partial charge in [0.25, 0.3) is 0 Å². The summed E-state index contributed by atoms with van der Waals surface area (Å²) in [6.45, 7) is 1.75. The zero-order valence-corrected chi connectivity index (χ0v) is 13.1. The van der Waals surface area contributed by atoms with Crippen molar-refractivity contribution in [3.63, 3.8) is 0 Å². The Morgan fingerprint density at radius 1 is 1.25 bits per heavy atom. The molecule has 6 heteroatoms. The highest BCUT2D eigenvalue weighted by Gasteiger charge is 2.10. The fraction of sp³-hybridized carbons (Fsp3) is 0.143. The van der Waals surface area contributed by atoms with Crippen LogP contribution in [0, 0.1) is 0 Å². The quantitative estimate of drug-likeness (QED) is 0.783. The van der Waals surface area contributed by atoms with Crippen LogP contribution in [0.15, 0.2) is 57.1 Å². The molecule has 2 aromatic heterocycles. The number of pyridine rings is 1. The minimum atomic E-state index is -0.489. The van der Waals surface area contributed by atoms with Crippen LogP contribution < -0.4 is 0 Å². The molecule has 0 bridgehead atoms. The lowest BCUT2D eigenvalue weighted by molar-refractivity contribution is 0.198. The van der Waals surface area contributed by atoms with E-state index < -0.39 is 6.10 Å². The van der Waals surface area contributed by atoms with Gasteiger partial charge in [0.1, 0.15) is 0 Å². The summed E-state index contributed by atoms with van der Waals surface area (Å²) in [6.07, 6.45) is 1.45. The van der Waals surface area contributed by atoms with E-state index in [1.54, 1.807) is 6.92 Å². The van der Waals surface area contributed by atoms with Gasteiger partial charge in [-0.25, -0.2) is 0 Å². The molecule has 0 saturated carbocycles. The Balaban J connectivity index is 1.93. The van der Waals surface area contributed by atoms with Gasteiger partial charge in [-0.05, 0) is 48.5 Å². The number of rotatable bonds is 3. The number of hydrogen-bond acceptors (Lipinski definition) is 4. The van der Waals surface area contributed by atoms with Crippen molar-refractivity contribution in [3.05, 3.63) is 52.6 Å². The average molecular weight is 350 g/mol. The lowest BCUT2D eigenvalue weighted by Gasteiger charge is -2.08. The topological polar surface area (TPSA) is 50.4 Å². The van der Waals surface area contributed by atoms with Crippen LogP contribution in [0.2, 0.25) is 0 Å². The maximum Gasteiger partial charge on any atom is 0.200 e. The molecule has 0 amide bonds. The van der Waals surface area contributed by atoms with E-state index in [0.717, 1.165) is 25.7 Å². The average Bonchev–Trinajstić information content (AvgIpc) is 2.82. The molecule has 1 aromatic carbocycles. The predicted octanol–water partition coefficient (Wildman–Crippen LogP) is 3.70. The van der Waals surface area contributed by atoms with Crippen LogP contribution in [-0.4, -0.2) is 19.7 Å². The molecule has 0 radical (unpaired) electrons. The van der Waals surface area contributed by atoms with Crippen molar-refractivity contribution in [2.45, 2.75) is 23.1 Å². The second-order valence-electron chi connectivity index (χ2n) is 4.37. The van der Waals surface area contributed by atoms with E-state index in [1.165, 1.54) is 11.8 Å². The van der Waals surface area contributed by atoms with Crippen molar-refractivity contribution in [2.24, 2.45) is 0 Å².